The predicted molar refractivity (Wildman–Crippen MR) is 97.0 cm³/mol. The fraction of sp³-hybridized carbons (Fsp3) is 0.647. The van der Waals surface area contributed by atoms with Gasteiger partial charge in [-0.25, -0.2) is 0 Å². The Morgan fingerprint density at radius 3 is 2.61 bits per heavy atom. The van der Waals surface area contributed by atoms with E-state index < -0.39 is 0 Å². The van der Waals surface area contributed by atoms with Crippen LogP contribution in [0.15, 0.2) is 22.5 Å². The Hall–Kier alpha value is -1.56. The van der Waals surface area contributed by atoms with Crippen molar-refractivity contribution in [3.8, 4) is 0 Å². The van der Waals surface area contributed by atoms with Crippen LogP contribution >= 0.6 is 11.3 Å². The molecule has 23 heavy (non-hydrogen) atoms. The molecule has 1 atom stereocenters. The van der Waals surface area contributed by atoms with Crippen LogP contribution in [0, 0.1) is 5.92 Å². The summed E-state index contributed by atoms with van der Waals surface area (Å²) in [6.07, 6.45) is 1.08. The summed E-state index contributed by atoms with van der Waals surface area (Å²) in [4.78, 5) is 21.8. The molecule has 1 aromatic rings. The van der Waals surface area contributed by atoms with E-state index in [1.165, 1.54) is 4.88 Å². The molecule has 1 aliphatic heterocycles. The first-order valence-corrected chi connectivity index (χ1v) is 9.29. The van der Waals surface area contributed by atoms with Crippen LogP contribution in [0.2, 0.25) is 0 Å². The van der Waals surface area contributed by atoms with E-state index in [-0.39, 0.29) is 5.91 Å². The number of carbonyl (C=O) groups excluding carboxylic acids is 1. The van der Waals surface area contributed by atoms with E-state index in [4.69, 9.17) is 4.99 Å². The molecule has 1 saturated heterocycles. The zero-order chi connectivity index (χ0) is 16.7. The van der Waals surface area contributed by atoms with Gasteiger partial charge in [0.1, 0.15) is 0 Å². The van der Waals surface area contributed by atoms with Crippen LogP contribution in [0.5, 0.6) is 0 Å². The van der Waals surface area contributed by atoms with Gasteiger partial charge in [0.2, 0.25) is 5.91 Å². The van der Waals surface area contributed by atoms with E-state index in [1.807, 2.05) is 16.2 Å². The maximum Gasteiger partial charge on any atom is 0.219 e. The fourth-order valence-corrected chi connectivity index (χ4v) is 3.61. The first-order chi connectivity index (χ1) is 11.1. The average Bonchev–Trinajstić information content (AvgIpc) is 3.04. The van der Waals surface area contributed by atoms with Gasteiger partial charge in [0.15, 0.2) is 5.96 Å². The van der Waals surface area contributed by atoms with Crippen LogP contribution in [0.25, 0.3) is 0 Å². The average molecular weight is 337 g/mol. The van der Waals surface area contributed by atoms with Gasteiger partial charge < -0.3 is 15.1 Å². The molecule has 128 valence electrons. The van der Waals surface area contributed by atoms with Gasteiger partial charge >= 0.3 is 0 Å². The number of piperazine rings is 1. The number of rotatable bonds is 5. The van der Waals surface area contributed by atoms with Crippen molar-refractivity contribution in [2.45, 2.75) is 27.2 Å². The minimum Gasteiger partial charge on any atom is -0.357 e. The molecule has 1 unspecified atom stereocenters. The molecule has 1 amide bonds. The summed E-state index contributed by atoms with van der Waals surface area (Å²) in [6, 6.07) is 4.30. The van der Waals surface area contributed by atoms with Gasteiger partial charge in [-0.1, -0.05) is 13.0 Å². The van der Waals surface area contributed by atoms with Gasteiger partial charge in [0.25, 0.3) is 0 Å². The van der Waals surface area contributed by atoms with Crippen molar-refractivity contribution < 1.29 is 4.79 Å². The topological polar surface area (TPSA) is 47.9 Å². The van der Waals surface area contributed by atoms with Crippen LogP contribution in [-0.2, 0) is 11.2 Å². The molecule has 1 N–H and O–H groups in total. The number of carbonyl (C=O) groups is 1. The van der Waals surface area contributed by atoms with E-state index in [2.05, 4.69) is 41.6 Å². The van der Waals surface area contributed by atoms with Gasteiger partial charge in [-0.05, 0) is 30.7 Å². The second-order valence-electron chi connectivity index (χ2n) is 6.08. The van der Waals surface area contributed by atoms with Gasteiger partial charge in [0, 0.05) is 51.1 Å². The van der Waals surface area contributed by atoms with Gasteiger partial charge in [-0.2, -0.15) is 0 Å². The lowest BCUT2D eigenvalue weighted by atomic mass is 10.1. The van der Waals surface area contributed by atoms with Crippen molar-refractivity contribution in [1.29, 1.82) is 0 Å². The lowest BCUT2D eigenvalue weighted by Gasteiger charge is -2.36. The molecule has 0 radical (unpaired) electrons. The molecule has 6 heteroatoms. The zero-order valence-corrected chi connectivity index (χ0v) is 15.2. The van der Waals surface area contributed by atoms with E-state index in [0.717, 1.165) is 51.6 Å². The third-order valence-corrected chi connectivity index (χ3v) is 4.94. The summed E-state index contributed by atoms with van der Waals surface area (Å²) in [7, 11) is 0. The van der Waals surface area contributed by atoms with Gasteiger partial charge in [-0.15, -0.1) is 11.3 Å². The molecule has 0 aliphatic carbocycles. The van der Waals surface area contributed by atoms with Crippen molar-refractivity contribution in [3.05, 3.63) is 22.4 Å². The molecule has 1 fully saturated rings. The Labute approximate surface area is 143 Å². The van der Waals surface area contributed by atoms with Crippen molar-refractivity contribution in [3.63, 3.8) is 0 Å². The number of hydrogen-bond donors (Lipinski definition) is 1. The monoisotopic (exact) mass is 336 g/mol. The number of thiophene rings is 1. The number of guanidine groups is 1. The van der Waals surface area contributed by atoms with Crippen LogP contribution in [0.3, 0.4) is 0 Å². The highest BCUT2D eigenvalue weighted by Crippen LogP contribution is 2.14. The minimum absolute atomic E-state index is 0.163. The molecule has 1 aliphatic rings. The quantitative estimate of drug-likeness (QED) is 0.661. The summed E-state index contributed by atoms with van der Waals surface area (Å²) in [6.45, 7) is 10.9. The second kappa shape index (κ2) is 8.91. The molecule has 1 aromatic heterocycles. The Balaban J connectivity index is 1.88. The largest absolute Gasteiger partial charge is 0.357 e. The predicted octanol–water partition coefficient (Wildman–Crippen LogP) is 2.06. The summed E-state index contributed by atoms with van der Waals surface area (Å²) in [5, 5.41) is 5.51. The standard InChI is InChI=1S/C17H28N4OS/c1-4-18-17(21-9-7-20(8-10-21)15(3)22)19-13-14(2)12-16-6-5-11-23-16/h5-6,11,14H,4,7-10,12-13H2,1-3H3,(H,18,19). The third-order valence-electron chi connectivity index (χ3n) is 4.04. The third kappa shape index (κ3) is 5.53. The lowest BCUT2D eigenvalue weighted by Crippen LogP contribution is -2.53. The fourth-order valence-electron chi connectivity index (χ4n) is 2.74. The van der Waals surface area contributed by atoms with Crippen molar-refractivity contribution in [2.24, 2.45) is 10.9 Å². The number of aliphatic imine (C=N–C) groups is 1. The summed E-state index contributed by atoms with van der Waals surface area (Å²) in [5.41, 5.74) is 0. The Morgan fingerprint density at radius 2 is 2.04 bits per heavy atom. The molecular weight excluding hydrogens is 308 g/mol. The van der Waals surface area contributed by atoms with Crippen LogP contribution < -0.4 is 5.32 Å². The van der Waals surface area contributed by atoms with E-state index in [0.29, 0.717) is 5.92 Å². The highest BCUT2D eigenvalue weighted by Gasteiger charge is 2.20. The van der Waals surface area contributed by atoms with Crippen molar-refractivity contribution >= 4 is 23.2 Å². The normalized spacial score (nSPS) is 17.3. The Morgan fingerprint density at radius 1 is 1.35 bits per heavy atom. The molecule has 0 saturated carbocycles. The maximum atomic E-state index is 11.4. The Bertz CT molecular complexity index is 507. The minimum atomic E-state index is 0.163. The maximum absolute atomic E-state index is 11.4. The summed E-state index contributed by atoms with van der Waals surface area (Å²) in [5.74, 6) is 1.67. The molecule has 2 heterocycles. The lowest BCUT2D eigenvalue weighted by molar-refractivity contribution is -0.130. The van der Waals surface area contributed by atoms with Crippen molar-refractivity contribution in [1.82, 2.24) is 15.1 Å². The van der Waals surface area contributed by atoms with E-state index in [1.54, 1.807) is 6.92 Å². The molecular formula is C17H28N4OS. The number of amides is 1. The summed E-state index contributed by atoms with van der Waals surface area (Å²) < 4.78 is 0. The van der Waals surface area contributed by atoms with Crippen LogP contribution in [-0.4, -0.2) is 60.9 Å². The number of nitrogens with one attached hydrogen (secondary N) is 1. The van der Waals surface area contributed by atoms with E-state index in [9.17, 15) is 4.79 Å². The van der Waals surface area contributed by atoms with Gasteiger partial charge in [-0.3, -0.25) is 9.79 Å². The highest BCUT2D eigenvalue weighted by atomic mass is 32.1. The number of nitrogens with zero attached hydrogens (tertiary/aromatic N) is 3. The molecule has 2 rings (SSSR count). The summed E-state index contributed by atoms with van der Waals surface area (Å²) >= 11 is 1.81. The highest BCUT2D eigenvalue weighted by molar-refractivity contribution is 7.09. The van der Waals surface area contributed by atoms with Gasteiger partial charge in [0.05, 0.1) is 0 Å². The molecule has 0 spiro atoms. The first kappa shape index (κ1) is 17.8. The smallest absolute Gasteiger partial charge is 0.219 e. The van der Waals surface area contributed by atoms with E-state index >= 15 is 0 Å². The second-order valence-corrected chi connectivity index (χ2v) is 7.11. The molecule has 0 aromatic carbocycles. The number of hydrogen-bond acceptors (Lipinski definition) is 3. The Kier molecular flexibility index (Phi) is 6.89. The van der Waals surface area contributed by atoms with Crippen molar-refractivity contribution in [2.75, 3.05) is 39.3 Å². The van der Waals surface area contributed by atoms with Crippen LogP contribution in [0.4, 0.5) is 0 Å². The zero-order valence-electron chi connectivity index (χ0n) is 14.4. The van der Waals surface area contributed by atoms with Crippen LogP contribution in [0.1, 0.15) is 25.6 Å². The molecule has 5 nitrogen and oxygen atoms in total. The first-order valence-electron chi connectivity index (χ1n) is 8.41. The molecule has 0 bridgehead atoms. The SMILES string of the molecule is CCNC(=NCC(C)Cc1cccs1)N1CCN(C(C)=O)CC1.